The molecule has 1 aromatic heterocycles. The summed E-state index contributed by atoms with van der Waals surface area (Å²) in [7, 11) is 3.82. The van der Waals surface area contributed by atoms with E-state index in [9.17, 15) is 5.11 Å². The Labute approximate surface area is 104 Å². The number of aryl methyl sites for hydroxylation is 2. The van der Waals surface area contributed by atoms with Crippen LogP contribution in [0.2, 0.25) is 0 Å². The third kappa shape index (κ3) is 3.88. The minimum Gasteiger partial charge on any atom is -0.504 e. The summed E-state index contributed by atoms with van der Waals surface area (Å²) >= 11 is 0. The van der Waals surface area contributed by atoms with Crippen LogP contribution in [0.4, 0.5) is 5.95 Å². The summed E-state index contributed by atoms with van der Waals surface area (Å²) in [5, 5.41) is 9.92. The Morgan fingerprint density at radius 1 is 1.12 bits per heavy atom. The van der Waals surface area contributed by atoms with E-state index in [1.807, 2.05) is 25.9 Å². The predicted octanol–water partition coefficient (Wildman–Crippen LogP) is 2.68. The molecule has 17 heavy (non-hydrogen) atoms. The molecule has 1 N–H and O–H groups in total. The quantitative estimate of drug-likeness (QED) is 0.773. The second kappa shape index (κ2) is 6.42. The van der Waals surface area contributed by atoms with Crippen LogP contribution in [0.1, 0.15) is 44.0 Å². The molecule has 0 fully saturated rings. The Morgan fingerprint density at radius 3 is 2.41 bits per heavy atom. The molecule has 4 nitrogen and oxygen atoms in total. The zero-order chi connectivity index (χ0) is 12.8. The van der Waals surface area contributed by atoms with Crippen molar-refractivity contribution in [2.75, 3.05) is 19.0 Å². The molecular formula is C13H23N3O. The molecule has 0 bridgehead atoms. The Bertz CT molecular complexity index is 364. The van der Waals surface area contributed by atoms with Crippen molar-refractivity contribution in [3.8, 4) is 5.75 Å². The summed E-state index contributed by atoms with van der Waals surface area (Å²) < 4.78 is 0. The van der Waals surface area contributed by atoms with Gasteiger partial charge >= 0.3 is 0 Å². The molecule has 0 saturated carbocycles. The van der Waals surface area contributed by atoms with E-state index in [1.165, 1.54) is 19.3 Å². The number of nitrogens with zero attached hydrogens (tertiary/aromatic N) is 3. The largest absolute Gasteiger partial charge is 0.504 e. The number of aromatic nitrogens is 2. The topological polar surface area (TPSA) is 49.2 Å². The summed E-state index contributed by atoms with van der Waals surface area (Å²) in [6.07, 6.45) is 5.56. The van der Waals surface area contributed by atoms with Crippen LogP contribution in [0.25, 0.3) is 0 Å². The number of aromatic hydroxyl groups is 1. The smallest absolute Gasteiger partial charge is 0.225 e. The van der Waals surface area contributed by atoms with Gasteiger partial charge in [-0.25, -0.2) is 9.97 Å². The second-order valence-corrected chi connectivity index (χ2v) is 4.61. The summed E-state index contributed by atoms with van der Waals surface area (Å²) in [6.45, 7) is 4.01. The van der Waals surface area contributed by atoms with Crippen molar-refractivity contribution in [1.29, 1.82) is 0 Å². The minimum absolute atomic E-state index is 0.257. The van der Waals surface area contributed by atoms with E-state index < -0.39 is 0 Å². The van der Waals surface area contributed by atoms with Gasteiger partial charge in [0.2, 0.25) is 5.95 Å². The average molecular weight is 237 g/mol. The van der Waals surface area contributed by atoms with Gasteiger partial charge in [0, 0.05) is 14.1 Å². The molecule has 0 aliphatic rings. The third-order valence-electron chi connectivity index (χ3n) is 2.79. The van der Waals surface area contributed by atoms with E-state index in [4.69, 9.17) is 0 Å². The van der Waals surface area contributed by atoms with Crippen molar-refractivity contribution >= 4 is 5.95 Å². The molecule has 96 valence electrons. The molecule has 1 heterocycles. The first kappa shape index (κ1) is 13.7. The minimum atomic E-state index is 0.257. The molecule has 0 spiro atoms. The fourth-order valence-corrected chi connectivity index (χ4v) is 1.70. The first-order chi connectivity index (χ1) is 8.06. The molecule has 0 amide bonds. The normalized spacial score (nSPS) is 10.6. The van der Waals surface area contributed by atoms with Crippen molar-refractivity contribution in [3.05, 3.63) is 11.4 Å². The number of rotatable bonds is 6. The van der Waals surface area contributed by atoms with Gasteiger partial charge in [0.05, 0.1) is 11.4 Å². The molecule has 0 atom stereocenters. The van der Waals surface area contributed by atoms with Gasteiger partial charge < -0.3 is 10.0 Å². The molecule has 0 saturated heterocycles. The Kier molecular flexibility index (Phi) is 5.19. The average Bonchev–Trinajstić information content (AvgIpc) is 2.29. The summed E-state index contributed by atoms with van der Waals surface area (Å²) in [4.78, 5) is 10.5. The van der Waals surface area contributed by atoms with Crippen molar-refractivity contribution in [3.63, 3.8) is 0 Å². The van der Waals surface area contributed by atoms with Gasteiger partial charge in [-0.15, -0.1) is 0 Å². The van der Waals surface area contributed by atoms with Crippen molar-refractivity contribution in [1.82, 2.24) is 9.97 Å². The van der Waals surface area contributed by atoms with E-state index in [1.54, 1.807) is 0 Å². The second-order valence-electron chi connectivity index (χ2n) is 4.61. The van der Waals surface area contributed by atoms with Gasteiger partial charge in [-0.1, -0.05) is 26.2 Å². The van der Waals surface area contributed by atoms with E-state index in [2.05, 4.69) is 16.9 Å². The highest BCUT2D eigenvalue weighted by atomic mass is 16.3. The lowest BCUT2D eigenvalue weighted by atomic mass is 10.1. The van der Waals surface area contributed by atoms with Crippen LogP contribution in [0.15, 0.2) is 0 Å². The highest BCUT2D eigenvalue weighted by molar-refractivity contribution is 5.38. The fraction of sp³-hybridized carbons (Fsp3) is 0.692. The number of hydrogen-bond acceptors (Lipinski definition) is 4. The van der Waals surface area contributed by atoms with Gasteiger partial charge in [0.25, 0.3) is 0 Å². The van der Waals surface area contributed by atoms with Crippen LogP contribution < -0.4 is 4.90 Å². The lowest BCUT2D eigenvalue weighted by Crippen LogP contribution is -2.14. The third-order valence-corrected chi connectivity index (χ3v) is 2.79. The predicted molar refractivity (Wildman–Crippen MR) is 70.6 cm³/mol. The van der Waals surface area contributed by atoms with Crippen LogP contribution in [-0.4, -0.2) is 29.2 Å². The maximum absolute atomic E-state index is 9.92. The fourth-order valence-electron chi connectivity index (χ4n) is 1.70. The summed E-state index contributed by atoms with van der Waals surface area (Å²) in [6, 6.07) is 0. The van der Waals surface area contributed by atoms with Crippen LogP contribution in [0.3, 0.4) is 0 Å². The van der Waals surface area contributed by atoms with Gasteiger partial charge in [0.1, 0.15) is 0 Å². The van der Waals surface area contributed by atoms with Crippen LogP contribution >= 0.6 is 0 Å². The maximum Gasteiger partial charge on any atom is 0.225 e. The Hall–Kier alpha value is -1.32. The molecule has 4 heteroatoms. The van der Waals surface area contributed by atoms with Gasteiger partial charge in [0.15, 0.2) is 5.75 Å². The van der Waals surface area contributed by atoms with Crippen molar-refractivity contribution in [2.24, 2.45) is 0 Å². The van der Waals surface area contributed by atoms with E-state index >= 15 is 0 Å². The van der Waals surface area contributed by atoms with Gasteiger partial charge in [-0.2, -0.15) is 0 Å². The lowest BCUT2D eigenvalue weighted by molar-refractivity contribution is 0.453. The zero-order valence-corrected chi connectivity index (χ0v) is 11.3. The van der Waals surface area contributed by atoms with Crippen LogP contribution in [0.5, 0.6) is 5.75 Å². The molecule has 1 rings (SSSR count). The van der Waals surface area contributed by atoms with E-state index in [0.717, 1.165) is 18.5 Å². The monoisotopic (exact) mass is 237 g/mol. The first-order valence-corrected chi connectivity index (χ1v) is 6.30. The number of hydrogen-bond donors (Lipinski definition) is 1. The maximum atomic E-state index is 9.92. The highest BCUT2D eigenvalue weighted by Gasteiger charge is 2.11. The highest BCUT2D eigenvalue weighted by Crippen LogP contribution is 2.23. The summed E-state index contributed by atoms with van der Waals surface area (Å²) in [5.41, 5.74) is 1.44. The van der Waals surface area contributed by atoms with Crippen molar-refractivity contribution in [2.45, 2.75) is 46.0 Å². The Morgan fingerprint density at radius 2 is 1.82 bits per heavy atom. The zero-order valence-electron chi connectivity index (χ0n) is 11.3. The molecule has 1 aromatic rings. The molecule has 0 aromatic carbocycles. The van der Waals surface area contributed by atoms with Crippen LogP contribution in [-0.2, 0) is 6.42 Å². The van der Waals surface area contributed by atoms with E-state index in [-0.39, 0.29) is 5.75 Å². The SMILES string of the molecule is CCCCCCc1nc(N(C)C)nc(C)c1O. The molecule has 0 radical (unpaired) electrons. The number of anilines is 1. The van der Waals surface area contributed by atoms with Gasteiger partial charge in [-0.05, 0) is 19.8 Å². The summed E-state index contributed by atoms with van der Waals surface area (Å²) in [5.74, 6) is 0.929. The first-order valence-electron chi connectivity index (χ1n) is 6.30. The lowest BCUT2D eigenvalue weighted by Gasteiger charge is -2.14. The number of unbranched alkanes of at least 4 members (excludes halogenated alkanes) is 3. The molecule has 0 aliphatic carbocycles. The van der Waals surface area contributed by atoms with E-state index in [0.29, 0.717) is 11.6 Å². The Balaban J connectivity index is 2.75. The van der Waals surface area contributed by atoms with Crippen LogP contribution in [0, 0.1) is 6.92 Å². The van der Waals surface area contributed by atoms with Gasteiger partial charge in [-0.3, -0.25) is 0 Å². The molecule has 0 aliphatic heterocycles. The van der Waals surface area contributed by atoms with Crippen molar-refractivity contribution < 1.29 is 5.11 Å². The molecule has 0 unspecified atom stereocenters. The standard InChI is InChI=1S/C13H23N3O/c1-5-6-7-8-9-11-12(17)10(2)14-13(15-11)16(3)4/h17H,5-9H2,1-4H3. The molecular weight excluding hydrogens is 214 g/mol.